The third kappa shape index (κ3) is 3.65. The minimum atomic E-state index is -0.0995. The van der Waals surface area contributed by atoms with Crippen molar-refractivity contribution in [3.05, 3.63) is 41.1 Å². The Balaban J connectivity index is 1.44. The molecule has 1 atom stereocenters. The summed E-state index contributed by atoms with van der Waals surface area (Å²) in [5.74, 6) is 1.37. The van der Waals surface area contributed by atoms with E-state index >= 15 is 0 Å². The topological polar surface area (TPSA) is 79.8 Å². The van der Waals surface area contributed by atoms with Crippen LogP contribution >= 0.6 is 11.3 Å². The first-order chi connectivity index (χ1) is 15.7. The monoisotopic (exact) mass is 448 g/mol. The Bertz CT molecular complexity index is 1220. The highest BCUT2D eigenvalue weighted by Crippen LogP contribution is 2.44. The summed E-state index contributed by atoms with van der Waals surface area (Å²) in [4.78, 5) is 16.9. The van der Waals surface area contributed by atoms with E-state index in [9.17, 15) is 0 Å². The quantitative estimate of drug-likeness (QED) is 0.574. The first-order valence-corrected chi connectivity index (χ1v) is 12.4. The molecule has 0 saturated heterocycles. The van der Waals surface area contributed by atoms with E-state index in [1.807, 2.05) is 25.2 Å². The number of allylic oxidation sites excluding steroid dienone is 2. The summed E-state index contributed by atoms with van der Waals surface area (Å²) in [5, 5.41) is 8.52. The molecule has 4 heterocycles. The molecule has 7 nitrogen and oxygen atoms in total. The lowest BCUT2D eigenvalue weighted by Crippen LogP contribution is -2.13. The normalized spacial score (nSPS) is 21.5. The Kier molecular flexibility index (Phi) is 5.07. The fourth-order valence-corrected chi connectivity index (χ4v) is 5.57. The van der Waals surface area contributed by atoms with Crippen LogP contribution in [0.1, 0.15) is 79.7 Å². The number of rotatable bonds is 5. The van der Waals surface area contributed by atoms with Crippen LogP contribution in [0, 0.1) is 0 Å². The van der Waals surface area contributed by atoms with Crippen LogP contribution < -0.4 is 4.90 Å². The second kappa shape index (κ2) is 8.08. The molecule has 6 rings (SSSR count). The molecule has 0 aromatic carbocycles. The summed E-state index contributed by atoms with van der Waals surface area (Å²) in [6.07, 6.45) is 14.4. The molecule has 3 aromatic heterocycles. The average Bonchev–Trinajstić information content (AvgIpc) is 3.38. The van der Waals surface area contributed by atoms with Crippen LogP contribution in [0.15, 0.2) is 18.3 Å². The molecular formula is C24H28N6OS. The number of ether oxygens (including phenoxy) is 1. The Morgan fingerprint density at radius 3 is 2.78 bits per heavy atom. The standard InChI is InChI=1S/C24H28N6OS/c1-30(2)24-28-23-21(32-24)20(14-6-4-3-5-7-14)26-22(27-23)16-10-11-31-18(12-16)17-13-25-29-19(17)15-8-9-15/h6,12-13,15,18H,3-5,7-11H2,1-2H3,(H,25,29)/t18-/m1/s1. The molecule has 0 amide bonds. The number of aromatic amines is 1. The number of fused-ring (bicyclic) bond motifs is 1. The fourth-order valence-electron chi connectivity index (χ4n) is 4.62. The molecule has 0 spiro atoms. The largest absolute Gasteiger partial charge is 0.369 e. The van der Waals surface area contributed by atoms with Crippen molar-refractivity contribution in [1.82, 2.24) is 25.1 Å². The Morgan fingerprint density at radius 1 is 1.09 bits per heavy atom. The van der Waals surface area contributed by atoms with Crippen LogP contribution in [0.4, 0.5) is 5.13 Å². The molecule has 0 radical (unpaired) electrons. The van der Waals surface area contributed by atoms with Gasteiger partial charge in [-0.3, -0.25) is 5.10 Å². The predicted molar refractivity (Wildman–Crippen MR) is 128 cm³/mol. The number of nitrogens with zero attached hydrogens (tertiary/aromatic N) is 5. The lowest BCUT2D eigenvalue weighted by molar-refractivity contribution is 0.0820. The summed E-state index contributed by atoms with van der Waals surface area (Å²) in [7, 11) is 4.05. The molecule has 3 aromatic rings. The van der Waals surface area contributed by atoms with Crippen LogP contribution in [-0.4, -0.2) is 45.9 Å². The van der Waals surface area contributed by atoms with Gasteiger partial charge in [-0.25, -0.2) is 9.97 Å². The molecule has 8 heteroatoms. The molecule has 0 unspecified atom stereocenters. The number of H-pyrrole nitrogens is 1. The summed E-state index contributed by atoms with van der Waals surface area (Å²) >= 11 is 1.68. The van der Waals surface area contributed by atoms with Crippen LogP contribution in [0.2, 0.25) is 0 Å². The van der Waals surface area contributed by atoms with Crippen molar-refractivity contribution >= 4 is 38.0 Å². The number of hydrogen-bond donors (Lipinski definition) is 1. The third-order valence-electron chi connectivity index (χ3n) is 6.50. The number of thiazole rings is 1. The molecule has 0 bridgehead atoms. The molecule has 3 aliphatic rings. The maximum absolute atomic E-state index is 6.14. The van der Waals surface area contributed by atoms with Crippen molar-refractivity contribution in [2.75, 3.05) is 25.6 Å². The zero-order chi connectivity index (χ0) is 21.7. The van der Waals surface area contributed by atoms with Gasteiger partial charge < -0.3 is 9.64 Å². The van der Waals surface area contributed by atoms with Gasteiger partial charge in [0.05, 0.1) is 18.0 Å². The van der Waals surface area contributed by atoms with E-state index in [-0.39, 0.29) is 6.10 Å². The van der Waals surface area contributed by atoms with Gasteiger partial charge in [-0.15, -0.1) is 0 Å². The maximum atomic E-state index is 6.14. The maximum Gasteiger partial charge on any atom is 0.187 e. The SMILES string of the molecule is CN(C)c1nc2nc(C3=C[C@H](c4c[nH]nc4C4CC4)OCC3)nc(C3=CCCCC3)c2s1. The lowest BCUT2D eigenvalue weighted by Gasteiger charge is -2.22. The van der Waals surface area contributed by atoms with Crippen molar-refractivity contribution in [1.29, 1.82) is 0 Å². The minimum absolute atomic E-state index is 0.0995. The molecule has 166 valence electrons. The summed E-state index contributed by atoms with van der Waals surface area (Å²) < 4.78 is 7.24. The zero-order valence-corrected chi connectivity index (χ0v) is 19.4. The minimum Gasteiger partial charge on any atom is -0.369 e. The van der Waals surface area contributed by atoms with E-state index in [1.165, 1.54) is 31.3 Å². The Hall–Kier alpha value is -2.58. The van der Waals surface area contributed by atoms with Gasteiger partial charge in [-0.05, 0) is 62.2 Å². The average molecular weight is 449 g/mol. The molecule has 2 aliphatic carbocycles. The van der Waals surface area contributed by atoms with Gasteiger partial charge in [0.25, 0.3) is 0 Å². The van der Waals surface area contributed by atoms with Crippen molar-refractivity contribution < 1.29 is 4.74 Å². The van der Waals surface area contributed by atoms with Gasteiger partial charge in [0.2, 0.25) is 0 Å². The van der Waals surface area contributed by atoms with Crippen molar-refractivity contribution in [2.24, 2.45) is 0 Å². The van der Waals surface area contributed by atoms with Gasteiger partial charge in [0.1, 0.15) is 10.8 Å². The van der Waals surface area contributed by atoms with Crippen LogP contribution in [0.5, 0.6) is 0 Å². The predicted octanol–water partition coefficient (Wildman–Crippen LogP) is 5.26. The number of nitrogens with one attached hydrogen (secondary N) is 1. The molecule has 1 aliphatic heterocycles. The van der Waals surface area contributed by atoms with Crippen LogP contribution in [0.3, 0.4) is 0 Å². The molecule has 1 N–H and O–H groups in total. The van der Waals surface area contributed by atoms with Gasteiger partial charge in [-0.1, -0.05) is 17.4 Å². The number of anilines is 1. The molecular weight excluding hydrogens is 420 g/mol. The Labute approximate surface area is 191 Å². The van der Waals surface area contributed by atoms with Crippen LogP contribution in [0.25, 0.3) is 21.5 Å². The van der Waals surface area contributed by atoms with Crippen molar-refractivity contribution in [3.8, 4) is 0 Å². The summed E-state index contributed by atoms with van der Waals surface area (Å²) in [6.45, 7) is 0.658. The van der Waals surface area contributed by atoms with Gasteiger partial charge in [0, 0.05) is 31.8 Å². The molecule has 32 heavy (non-hydrogen) atoms. The summed E-state index contributed by atoms with van der Waals surface area (Å²) in [5.41, 5.74) is 6.67. The van der Waals surface area contributed by atoms with Crippen LogP contribution in [-0.2, 0) is 4.74 Å². The highest BCUT2D eigenvalue weighted by atomic mass is 32.1. The molecule has 1 fully saturated rings. The zero-order valence-electron chi connectivity index (χ0n) is 18.6. The first kappa shape index (κ1) is 20.1. The molecule has 1 saturated carbocycles. The van der Waals surface area contributed by atoms with Gasteiger partial charge in [-0.2, -0.15) is 10.1 Å². The summed E-state index contributed by atoms with van der Waals surface area (Å²) in [6, 6.07) is 0. The van der Waals surface area contributed by atoms with Crippen molar-refractivity contribution in [3.63, 3.8) is 0 Å². The van der Waals surface area contributed by atoms with E-state index in [4.69, 9.17) is 19.7 Å². The van der Waals surface area contributed by atoms with Gasteiger partial charge in [0.15, 0.2) is 16.6 Å². The third-order valence-corrected chi connectivity index (χ3v) is 7.72. The first-order valence-electron chi connectivity index (χ1n) is 11.6. The van der Waals surface area contributed by atoms with E-state index < -0.39 is 0 Å². The van der Waals surface area contributed by atoms with Crippen molar-refractivity contribution in [2.45, 2.75) is 57.0 Å². The smallest absolute Gasteiger partial charge is 0.187 e. The van der Waals surface area contributed by atoms with E-state index in [1.54, 1.807) is 11.3 Å². The highest BCUT2D eigenvalue weighted by molar-refractivity contribution is 7.22. The van der Waals surface area contributed by atoms with E-state index in [0.717, 1.165) is 63.1 Å². The number of aromatic nitrogens is 5. The van der Waals surface area contributed by atoms with E-state index in [2.05, 4.69) is 22.3 Å². The highest BCUT2D eigenvalue weighted by Gasteiger charge is 2.32. The fraction of sp³-hybridized carbons (Fsp3) is 0.500. The van der Waals surface area contributed by atoms with E-state index in [0.29, 0.717) is 12.5 Å². The lowest BCUT2D eigenvalue weighted by atomic mass is 9.96. The second-order valence-corrected chi connectivity index (χ2v) is 10.1. The second-order valence-electron chi connectivity index (χ2n) is 9.15. The van der Waals surface area contributed by atoms with Gasteiger partial charge >= 0.3 is 0 Å². The number of hydrogen-bond acceptors (Lipinski definition) is 7. The Morgan fingerprint density at radius 2 is 2.00 bits per heavy atom.